The van der Waals surface area contributed by atoms with Gasteiger partial charge in [0.05, 0.1) is 16.7 Å². The minimum atomic E-state index is -0.143. The van der Waals surface area contributed by atoms with E-state index in [4.69, 9.17) is 4.98 Å². The van der Waals surface area contributed by atoms with E-state index in [1.54, 1.807) is 6.08 Å². The van der Waals surface area contributed by atoms with Crippen molar-refractivity contribution in [2.45, 2.75) is 37.9 Å². The summed E-state index contributed by atoms with van der Waals surface area (Å²) in [6, 6.07) is 11.8. The number of piperidine rings is 1. The van der Waals surface area contributed by atoms with Crippen molar-refractivity contribution in [3.63, 3.8) is 0 Å². The molecule has 230 valence electrons. The second-order valence-corrected chi connectivity index (χ2v) is 11.6. The Bertz CT molecular complexity index is 1620. The van der Waals surface area contributed by atoms with Gasteiger partial charge in [-0.15, -0.1) is 24.8 Å². The lowest BCUT2D eigenvalue weighted by atomic mass is 10.0. The topological polar surface area (TPSA) is 109 Å². The van der Waals surface area contributed by atoms with E-state index in [1.807, 2.05) is 62.6 Å². The summed E-state index contributed by atoms with van der Waals surface area (Å²) in [5.74, 6) is 1.30. The molecule has 0 radical (unpaired) electrons. The van der Waals surface area contributed by atoms with E-state index in [-0.39, 0.29) is 48.7 Å². The molecule has 2 aliphatic rings. The minimum Gasteiger partial charge on any atom is -0.348 e. The summed E-state index contributed by atoms with van der Waals surface area (Å²) in [6.45, 7) is 2.98. The highest BCUT2D eigenvalue weighted by Gasteiger charge is 2.27. The Kier molecular flexibility index (Phi) is 10.5. The van der Waals surface area contributed by atoms with Crippen LogP contribution in [0.15, 0.2) is 54.7 Å². The van der Waals surface area contributed by atoms with Gasteiger partial charge in [-0.25, -0.2) is 9.97 Å². The molecular formula is C31H40Cl2N8O2. The molecule has 1 aliphatic carbocycles. The van der Waals surface area contributed by atoms with Gasteiger partial charge in [-0.05, 0) is 75.7 Å². The molecule has 43 heavy (non-hydrogen) atoms. The Hall–Kier alpha value is -3.44. The first kappa shape index (κ1) is 32.5. The van der Waals surface area contributed by atoms with Crippen LogP contribution in [0, 0.1) is 5.92 Å². The maximum atomic E-state index is 13.3. The number of hydrogen-bond acceptors (Lipinski definition) is 6. The third-order valence-electron chi connectivity index (χ3n) is 7.94. The Morgan fingerprint density at radius 2 is 1.86 bits per heavy atom. The van der Waals surface area contributed by atoms with Crippen LogP contribution in [0.25, 0.3) is 33.6 Å². The lowest BCUT2D eigenvalue weighted by Crippen LogP contribution is -2.55. The van der Waals surface area contributed by atoms with E-state index in [1.165, 1.54) is 12.8 Å². The second kappa shape index (κ2) is 13.9. The minimum absolute atomic E-state index is 0. The number of likely N-dealkylation sites (N-methyl/N-ethyl adjacent to an activating group) is 1. The predicted molar refractivity (Wildman–Crippen MR) is 175 cm³/mol. The molecule has 0 bridgehead atoms. The Morgan fingerprint density at radius 1 is 1.09 bits per heavy atom. The van der Waals surface area contributed by atoms with E-state index in [0.717, 1.165) is 40.1 Å². The number of rotatable bonds is 9. The number of carbonyl (C=O) groups excluding carboxylic acids is 2. The summed E-state index contributed by atoms with van der Waals surface area (Å²) in [4.78, 5) is 37.2. The van der Waals surface area contributed by atoms with Gasteiger partial charge in [0.15, 0.2) is 5.82 Å². The molecule has 12 heteroatoms. The van der Waals surface area contributed by atoms with Gasteiger partial charge in [-0.2, -0.15) is 0 Å². The number of amides is 2. The van der Waals surface area contributed by atoms with Crippen molar-refractivity contribution in [2.24, 2.45) is 13.0 Å². The molecule has 3 aromatic heterocycles. The summed E-state index contributed by atoms with van der Waals surface area (Å²) < 4.78 is 4.39. The lowest BCUT2D eigenvalue weighted by Gasteiger charge is -2.31. The first-order chi connectivity index (χ1) is 19.9. The maximum absolute atomic E-state index is 13.3. The monoisotopic (exact) mass is 626 g/mol. The van der Waals surface area contributed by atoms with E-state index in [2.05, 4.69) is 42.2 Å². The Balaban J connectivity index is 0.00000212. The van der Waals surface area contributed by atoms with Crippen LogP contribution in [0.1, 0.15) is 29.6 Å². The standard InChI is InChI=1S/C31H38N8O2.2ClH/c1-37(2)13-5-7-28(40)34-23-16-24(18-32-17-23)35-31(41)22-10-11-26-25(14-22)36-30(38(26)3)27-15-21-6-4-12-33-29(21)39(27)19-20-8-9-20;;/h4-7,10-12,14-15,20,23-24,32H,8-9,13,16-19H2,1-3H3,(H,34,40)(H,35,41);2*1H/b7-5+;;/t23-,24+;;/m0../s1. The Labute approximate surface area is 264 Å². The molecule has 4 heterocycles. The first-order valence-corrected chi connectivity index (χ1v) is 14.4. The molecule has 1 saturated carbocycles. The van der Waals surface area contributed by atoms with Crippen LogP contribution in [0.5, 0.6) is 0 Å². The van der Waals surface area contributed by atoms with Gasteiger partial charge in [0.1, 0.15) is 5.65 Å². The van der Waals surface area contributed by atoms with Crippen LogP contribution in [0.4, 0.5) is 0 Å². The molecule has 10 nitrogen and oxygen atoms in total. The molecule has 1 aromatic carbocycles. The predicted octanol–water partition coefficient (Wildman–Crippen LogP) is 3.54. The molecule has 1 saturated heterocycles. The lowest BCUT2D eigenvalue weighted by molar-refractivity contribution is -0.117. The molecule has 4 aromatic rings. The molecule has 6 rings (SSSR count). The molecular weight excluding hydrogens is 587 g/mol. The number of halogens is 2. The number of hydrogen-bond donors (Lipinski definition) is 3. The number of aromatic nitrogens is 4. The van der Waals surface area contributed by atoms with Gasteiger partial charge in [0.2, 0.25) is 5.91 Å². The van der Waals surface area contributed by atoms with Crippen molar-refractivity contribution in [3.8, 4) is 11.5 Å². The number of aryl methyl sites for hydroxylation is 1. The number of nitrogens with one attached hydrogen (secondary N) is 3. The van der Waals surface area contributed by atoms with E-state index in [0.29, 0.717) is 37.5 Å². The van der Waals surface area contributed by atoms with Gasteiger partial charge in [-0.1, -0.05) is 6.08 Å². The van der Waals surface area contributed by atoms with Gasteiger partial charge < -0.3 is 30.0 Å². The highest BCUT2D eigenvalue weighted by molar-refractivity contribution is 5.98. The molecule has 0 unspecified atom stereocenters. The van der Waals surface area contributed by atoms with Crippen molar-refractivity contribution < 1.29 is 9.59 Å². The highest BCUT2D eigenvalue weighted by Crippen LogP contribution is 2.35. The normalized spacial score (nSPS) is 18.5. The van der Waals surface area contributed by atoms with Crippen molar-refractivity contribution in [3.05, 3.63) is 60.3 Å². The fourth-order valence-electron chi connectivity index (χ4n) is 5.64. The first-order valence-electron chi connectivity index (χ1n) is 14.4. The summed E-state index contributed by atoms with van der Waals surface area (Å²) in [5, 5.41) is 10.6. The summed E-state index contributed by atoms with van der Waals surface area (Å²) in [7, 11) is 5.94. The van der Waals surface area contributed by atoms with Gasteiger partial charge >= 0.3 is 0 Å². The van der Waals surface area contributed by atoms with Crippen LogP contribution in [-0.2, 0) is 18.4 Å². The zero-order valence-electron chi connectivity index (χ0n) is 24.7. The van der Waals surface area contributed by atoms with Crippen LogP contribution < -0.4 is 16.0 Å². The smallest absolute Gasteiger partial charge is 0.251 e. The molecule has 0 spiro atoms. The SMILES string of the molecule is CN(C)C/C=C/C(=O)N[C@@H]1CNC[C@H](NC(=O)c2ccc3c(c2)nc(-c2cc4cccnc4n2CC2CC2)n3C)C1.Cl.Cl. The number of carbonyl (C=O) groups is 2. The number of nitrogens with zero attached hydrogens (tertiary/aromatic N) is 5. The van der Waals surface area contributed by atoms with Gasteiger partial charge in [0.25, 0.3) is 5.91 Å². The van der Waals surface area contributed by atoms with Crippen molar-refractivity contribution in [2.75, 3.05) is 33.7 Å². The zero-order chi connectivity index (χ0) is 28.5. The van der Waals surface area contributed by atoms with Crippen LogP contribution in [0.3, 0.4) is 0 Å². The highest BCUT2D eigenvalue weighted by atomic mass is 35.5. The van der Waals surface area contributed by atoms with Crippen molar-refractivity contribution in [1.82, 2.24) is 40.0 Å². The fraction of sp³-hybridized carbons (Fsp3) is 0.419. The number of pyridine rings is 1. The largest absolute Gasteiger partial charge is 0.348 e. The quantitative estimate of drug-likeness (QED) is 0.245. The zero-order valence-corrected chi connectivity index (χ0v) is 26.4. The van der Waals surface area contributed by atoms with Crippen LogP contribution >= 0.6 is 24.8 Å². The summed E-state index contributed by atoms with van der Waals surface area (Å²) in [6.07, 6.45) is 8.43. The average molecular weight is 628 g/mol. The third kappa shape index (κ3) is 7.38. The second-order valence-electron chi connectivity index (χ2n) is 11.6. The summed E-state index contributed by atoms with van der Waals surface area (Å²) >= 11 is 0. The van der Waals surface area contributed by atoms with Crippen LogP contribution in [0.2, 0.25) is 0 Å². The third-order valence-corrected chi connectivity index (χ3v) is 7.94. The molecule has 1 aliphatic heterocycles. The summed E-state index contributed by atoms with van der Waals surface area (Å²) in [5.41, 5.74) is 4.36. The number of benzene rings is 1. The van der Waals surface area contributed by atoms with Crippen molar-refractivity contribution in [1.29, 1.82) is 0 Å². The van der Waals surface area contributed by atoms with Gasteiger partial charge in [-0.3, -0.25) is 9.59 Å². The molecule has 3 N–H and O–H groups in total. The number of imidazole rings is 1. The Morgan fingerprint density at radius 3 is 2.60 bits per heavy atom. The maximum Gasteiger partial charge on any atom is 0.251 e. The number of fused-ring (bicyclic) bond motifs is 2. The fourth-order valence-corrected chi connectivity index (χ4v) is 5.64. The molecule has 2 atom stereocenters. The van der Waals surface area contributed by atoms with Gasteiger partial charge in [0, 0.05) is 68.5 Å². The van der Waals surface area contributed by atoms with E-state index in [9.17, 15) is 9.59 Å². The van der Waals surface area contributed by atoms with Crippen molar-refractivity contribution >= 4 is 58.7 Å². The molecule has 2 amide bonds. The van der Waals surface area contributed by atoms with E-state index >= 15 is 0 Å². The average Bonchev–Trinajstić information content (AvgIpc) is 3.62. The van der Waals surface area contributed by atoms with Crippen LogP contribution in [-0.4, -0.2) is 81.6 Å². The van der Waals surface area contributed by atoms with E-state index < -0.39 is 0 Å². The molecule has 2 fully saturated rings.